The number of hydrogen-bond donors (Lipinski definition) is 1. The van der Waals surface area contributed by atoms with Gasteiger partial charge < -0.3 is 4.90 Å². The first-order valence-corrected chi connectivity index (χ1v) is 7.79. The number of nitrogens with zero attached hydrogens (tertiary/aromatic N) is 2. The van der Waals surface area contributed by atoms with Gasteiger partial charge in [-0.1, -0.05) is 18.2 Å². The molecule has 0 saturated carbocycles. The lowest BCUT2D eigenvalue weighted by Crippen LogP contribution is -2.42. The summed E-state index contributed by atoms with van der Waals surface area (Å²) in [5.74, 6) is 1.88. The molecule has 0 bridgehead atoms. The minimum Gasteiger partial charge on any atom is -0.340 e. The number of benzene rings is 1. The Bertz CT molecular complexity index is 625. The van der Waals surface area contributed by atoms with Crippen LogP contribution in [-0.2, 0) is 11.3 Å². The zero-order chi connectivity index (χ0) is 13.9. The fraction of sp³-hybridized carbons (Fsp3) is 0.333. The zero-order valence-corrected chi connectivity index (χ0v) is 12.2. The number of likely N-dealkylation sites (N-methyl/N-ethyl adjacent to an activating group) is 1. The van der Waals surface area contributed by atoms with Gasteiger partial charge in [0.2, 0.25) is 5.91 Å². The van der Waals surface area contributed by atoms with E-state index in [-0.39, 0.29) is 11.9 Å². The van der Waals surface area contributed by atoms with Crippen LogP contribution >= 0.6 is 11.8 Å². The second-order valence-electron chi connectivity index (χ2n) is 5.00. The third-order valence-corrected chi connectivity index (χ3v) is 4.40. The summed E-state index contributed by atoms with van der Waals surface area (Å²) in [6.07, 6.45) is 1.85. The molecule has 104 valence electrons. The standard InChI is InChI=1S/C15H17N3OS/c1-18(15(19)14-9-20-10-17-14)8-11-6-12-4-2-3-5-13(12)16-7-11/h2-7,14,17H,8-10H2,1H3. The number of rotatable bonds is 3. The van der Waals surface area contributed by atoms with Crippen LogP contribution in [0.25, 0.3) is 10.9 Å². The van der Waals surface area contributed by atoms with E-state index in [0.717, 1.165) is 28.1 Å². The average Bonchev–Trinajstić information content (AvgIpc) is 3.00. The number of para-hydroxylation sites is 1. The van der Waals surface area contributed by atoms with Gasteiger partial charge in [-0.15, -0.1) is 11.8 Å². The van der Waals surface area contributed by atoms with E-state index in [4.69, 9.17) is 0 Å². The molecule has 1 aliphatic heterocycles. The van der Waals surface area contributed by atoms with Gasteiger partial charge in [-0.3, -0.25) is 15.1 Å². The van der Waals surface area contributed by atoms with Crippen molar-refractivity contribution in [2.24, 2.45) is 0 Å². The van der Waals surface area contributed by atoms with Crippen molar-refractivity contribution in [1.29, 1.82) is 0 Å². The van der Waals surface area contributed by atoms with Gasteiger partial charge in [0, 0.05) is 36.8 Å². The Labute approximate surface area is 122 Å². The summed E-state index contributed by atoms with van der Waals surface area (Å²) in [4.78, 5) is 18.4. The molecule has 0 radical (unpaired) electrons. The maximum Gasteiger partial charge on any atom is 0.240 e. The van der Waals surface area contributed by atoms with Crippen LogP contribution in [0, 0.1) is 0 Å². The van der Waals surface area contributed by atoms with Crippen molar-refractivity contribution in [3.05, 3.63) is 42.1 Å². The highest BCUT2D eigenvalue weighted by molar-refractivity contribution is 7.99. The Balaban J connectivity index is 1.73. The predicted molar refractivity (Wildman–Crippen MR) is 82.5 cm³/mol. The van der Waals surface area contributed by atoms with Gasteiger partial charge in [0.1, 0.15) is 0 Å². The van der Waals surface area contributed by atoms with Gasteiger partial charge in [0.25, 0.3) is 0 Å². The number of carbonyl (C=O) groups excluding carboxylic acids is 1. The third-order valence-electron chi connectivity index (χ3n) is 3.46. The molecule has 1 aromatic heterocycles. The van der Waals surface area contributed by atoms with Crippen molar-refractivity contribution in [2.75, 3.05) is 18.7 Å². The number of amides is 1. The normalized spacial score (nSPS) is 18.4. The van der Waals surface area contributed by atoms with Crippen LogP contribution < -0.4 is 5.32 Å². The molecule has 2 aromatic rings. The van der Waals surface area contributed by atoms with Crippen molar-refractivity contribution < 1.29 is 4.79 Å². The molecular formula is C15H17N3OS. The van der Waals surface area contributed by atoms with Crippen molar-refractivity contribution in [1.82, 2.24) is 15.2 Å². The largest absolute Gasteiger partial charge is 0.340 e. The maximum absolute atomic E-state index is 12.2. The molecule has 1 amide bonds. The Morgan fingerprint density at radius 1 is 1.50 bits per heavy atom. The van der Waals surface area contributed by atoms with Crippen LogP contribution in [-0.4, -0.2) is 40.5 Å². The second-order valence-corrected chi connectivity index (χ2v) is 6.03. The second kappa shape index (κ2) is 5.81. The Kier molecular flexibility index (Phi) is 3.89. The van der Waals surface area contributed by atoms with Gasteiger partial charge in [0.05, 0.1) is 11.6 Å². The molecule has 1 atom stereocenters. The molecule has 0 spiro atoms. The molecule has 20 heavy (non-hydrogen) atoms. The van der Waals surface area contributed by atoms with Crippen molar-refractivity contribution >= 4 is 28.6 Å². The van der Waals surface area contributed by atoms with E-state index in [9.17, 15) is 4.79 Å². The van der Waals surface area contributed by atoms with Gasteiger partial charge >= 0.3 is 0 Å². The van der Waals surface area contributed by atoms with Crippen LogP contribution in [0.15, 0.2) is 36.5 Å². The Morgan fingerprint density at radius 2 is 2.35 bits per heavy atom. The Hall–Kier alpha value is -1.59. The third kappa shape index (κ3) is 2.78. The van der Waals surface area contributed by atoms with Gasteiger partial charge in [-0.25, -0.2) is 0 Å². The molecule has 5 heteroatoms. The smallest absolute Gasteiger partial charge is 0.240 e. The fourth-order valence-corrected chi connectivity index (χ4v) is 3.31. The monoisotopic (exact) mass is 287 g/mol. The highest BCUT2D eigenvalue weighted by Gasteiger charge is 2.25. The summed E-state index contributed by atoms with van der Waals surface area (Å²) >= 11 is 1.77. The molecule has 1 aliphatic rings. The van der Waals surface area contributed by atoms with Crippen LogP contribution in [0.5, 0.6) is 0 Å². The molecule has 1 saturated heterocycles. The summed E-state index contributed by atoms with van der Waals surface area (Å²) in [7, 11) is 1.85. The van der Waals surface area contributed by atoms with E-state index in [1.807, 2.05) is 37.5 Å². The topological polar surface area (TPSA) is 45.2 Å². The van der Waals surface area contributed by atoms with Crippen LogP contribution in [0.2, 0.25) is 0 Å². The number of nitrogens with one attached hydrogen (secondary N) is 1. The van der Waals surface area contributed by atoms with Crippen LogP contribution in [0.3, 0.4) is 0 Å². The molecule has 1 aromatic carbocycles. The first-order valence-electron chi connectivity index (χ1n) is 6.64. The van der Waals surface area contributed by atoms with Crippen LogP contribution in [0.1, 0.15) is 5.56 Å². The quantitative estimate of drug-likeness (QED) is 0.936. The SMILES string of the molecule is CN(Cc1cnc2ccccc2c1)C(=O)C1CSCN1. The molecular weight excluding hydrogens is 270 g/mol. The number of aromatic nitrogens is 1. The summed E-state index contributed by atoms with van der Waals surface area (Å²) in [5, 5.41) is 4.32. The van der Waals surface area contributed by atoms with Crippen molar-refractivity contribution in [3.63, 3.8) is 0 Å². The lowest BCUT2D eigenvalue weighted by molar-refractivity contribution is -0.131. The molecule has 1 fully saturated rings. The van der Waals surface area contributed by atoms with Crippen molar-refractivity contribution in [3.8, 4) is 0 Å². The van der Waals surface area contributed by atoms with Crippen molar-refractivity contribution in [2.45, 2.75) is 12.6 Å². The van der Waals surface area contributed by atoms with E-state index in [1.165, 1.54) is 0 Å². The summed E-state index contributed by atoms with van der Waals surface area (Å²) in [5.41, 5.74) is 2.05. The molecule has 1 N–H and O–H groups in total. The number of carbonyl (C=O) groups is 1. The van der Waals surface area contributed by atoms with E-state index in [2.05, 4.69) is 16.4 Å². The minimum atomic E-state index is -0.0431. The summed E-state index contributed by atoms with van der Waals surface area (Å²) in [6.45, 7) is 0.597. The van der Waals surface area contributed by atoms with E-state index in [1.54, 1.807) is 16.7 Å². The molecule has 1 unspecified atom stereocenters. The van der Waals surface area contributed by atoms with Gasteiger partial charge in [-0.2, -0.15) is 0 Å². The average molecular weight is 287 g/mol. The highest BCUT2D eigenvalue weighted by atomic mass is 32.2. The van der Waals surface area contributed by atoms with Gasteiger partial charge in [0.15, 0.2) is 0 Å². The molecule has 2 heterocycles. The van der Waals surface area contributed by atoms with E-state index in [0.29, 0.717) is 6.54 Å². The van der Waals surface area contributed by atoms with Gasteiger partial charge in [-0.05, 0) is 17.7 Å². The number of pyridine rings is 1. The summed E-state index contributed by atoms with van der Waals surface area (Å²) < 4.78 is 0. The summed E-state index contributed by atoms with van der Waals surface area (Å²) in [6, 6.07) is 10.1. The molecule has 4 nitrogen and oxygen atoms in total. The lowest BCUT2D eigenvalue weighted by atomic mass is 10.1. The first kappa shape index (κ1) is 13.4. The molecule has 3 rings (SSSR count). The minimum absolute atomic E-state index is 0.0431. The lowest BCUT2D eigenvalue weighted by Gasteiger charge is -2.20. The maximum atomic E-state index is 12.2. The zero-order valence-electron chi connectivity index (χ0n) is 11.4. The predicted octanol–water partition coefficient (Wildman–Crippen LogP) is 1.86. The Morgan fingerprint density at radius 3 is 3.15 bits per heavy atom. The van der Waals surface area contributed by atoms with E-state index < -0.39 is 0 Å². The fourth-order valence-electron chi connectivity index (χ4n) is 2.37. The molecule has 0 aliphatic carbocycles. The highest BCUT2D eigenvalue weighted by Crippen LogP contribution is 2.15. The van der Waals surface area contributed by atoms with E-state index >= 15 is 0 Å². The first-order chi connectivity index (χ1) is 9.74. The number of thioether (sulfide) groups is 1. The number of fused-ring (bicyclic) bond motifs is 1. The number of hydrogen-bond acceptors (Lipinski definition) is 4. The van der Waals surface area contributed by atoms with Crippen LogP contribution in [0.4, 0.5) is 0 Å².